The fourth-order valence-electron chi connectivity index (χ4n) is 3.01. The molecular formula is C20H17BrFN5O3S. The molecule has 4 rings (SSSR count). The van der Waals surface area contributed by atoms with E-state index in [-0.39, 0.29) is 18.8 Å². The molecule has 11 heteroatoms. The van der Waals surface area contributed by atoms with Gasteiger partial charge in [0.1, 0.15) is 22.3 Å². The summed E-state index contributed by atoms with van der Waals surface area (Å²) in [5.41, 5.74) is 1.58. The number of aromatic nitrogens is 3. The van der Waals surface area contributed by atoms with Crippen molar-refractivity contribution in [2.45, 2.75) is 4.90 Å². The number of nitrogens with one attached hydrogen (secondary N) is 2. The molecule has 2 heterocycles. The second-order valence-electron chi connectivity index (χ2n) is 6.53. The van der Waals surface area contributed by atoms with Gasteiger partial charge in [-0.3, -0.25) is 0 Å². The lowest BCUT2D eigenvalue weighted by Crippen LogP contribution is -2.29. The van der Waals surface area contributed by atoms with Crippen molar-refractivity contribution in [3.05, 3.63) is 71.1 Å². The van der Waals surface area contributed by atoms with Crippen molar-refractivity contribution in [3.63, 3.8) is 0 Å². The quantitative estimate of drug-likeness (QED) is 0.332. The molecular weight excluding hydrogens is 489 g/mol. The van der Waals surface area contributed by atoms with Gasteiger partial charge in [0.15, 0.2) is 5.65 Å². The van der Waals surface area contributed by atoms with Crippen molar-refractivity contribution in [1.29, 1.82) is 0 Å². The van der Waals surface area contributed by atoms with E-state index < -0.39 is 20.7 Å². The zero-order valence-electron chi connectivity index (χ0n) is 16.0. The zero-order valence-corrected chi connectivity index (χ0v) is 18.4. The van der Waals surface area contributed by atoms with Crippen LogP contribution in [0.3, 0.4) is 0 Å². The minimum atomic E-state index is -3.98. The Morgan fingerprint density at radius 3 is 2.61 bits per heavy atom. The predicted molar refractivity (Wildman–Crippen MR) is 118 cm³/mol. The molecule has 0 aliphatic rings. The Hall–Kier alpha value is -3.02. The number of nitrogens with zero attached hydrogens (tertiary/aromatic N) is 3. The van der Waals surface area contributed by atoms with Crippen LogP contribution in [0.4, 0.5) is 10.2 Å². The Bertz CT molecular complexity index is 1360. The van der Waals surface area contributed by atoms with E-state index in [2.05, 4.69) is 36.1 Å². The van der Waals surface area contributed by atoms with Crippen LogP contribution in [0.2, 0.25) is 0 Å². The van der Waals surface area contributed by atoms with Crippen molar-refractivity contribution in [2.75, 3.05) is 18.4 Å². The Labute approximate surface area is 185 Å². The normalized spacial score (nSPS) is 11.7. The molecule has 2 aromatic carbocycles. The van der Waals surface area contributed by atoms with E-state index in [1.165, 1.54) is 18.2 Å². The van der Waals surface area contributed by atoms with E-state index in [4.69, 9.17) is 0 Å². The van der Waals surface area contributed by atoms with Gasteiger partial charge in [0.25, 0.3) is 0 Å². The van der Waals surface area contributed by atoms with Gasteiger partial charge in [-0.1, -0.05) is 24.3 Å². The highest BCUT2D eigenvalue weighted by Gasteiger charge is 2.18. The second-order valence-corrected chi connectivity index (χ2v) is 9.12. The molecule has 0 amide bonds. The van der Waals surface area contributed by atoms with Gasteiger partial charge in [0.2, 0.25) is 10.0 Å². The van der Waals surface area contributed by atoms with Crippen molar-refractivity contribution in [3.8, 4) is 17.0 Å². The number of halogens is 2. The number of phenolic OH excluding ortho intramolecular Hbond substituents is 1. The molecule has 0 aliphatic carbocycles. The molecule has 0 unspecified atom stereocenters. The van der Waals surface area contributed by atoms with Gasteiger partial charge in [0, 0.05) is 24.7 Å². The van der Waals surface area contributed by atoms with Crippen LogP contribution < -0.4 is 10.0 Å². The van der Waals surface area contributed by atoms with Crippen molar-refractivity contribution in [2.24, 2.45) is 0 Å². The topological polar surface area (TPSA) is 109 Å². The summed E-state index contributed by atoms with van der Waals surface area (Å²) in [6.45, 7) is 0.208. The minimum absolute atomic E-state index is 0.00877. The van der Waals surface area contributed by atoms with E-state index in [1.54, 1.807) is 41.0 Å². The average molecular weight is 506 g/mol. The van der Waals surface area contributed by atoms with Crippen LogP contribution in [0.5, 0.6) is 5.75 Å². The molecule has 0 fully saturated rings. The molecule has 3 N–H and O–H groups in total. The lowest BCUT2D eigenvalue weighted by atomic mass is 10.1. The lowest BCUT2D eigenvalue weighted by Gasteiger charge is -2.12. The number of para-hydroxylation sites is 1. The summed E-state index contributed by atoms with van der Waals surface area (Å²) in [6.07, 6.45) is 1.59. The van der Waals surface area contributed by atoms with Crippen molar-refractivity contribution < 1.29 is 17.9 Å². The first-order valence-electron chi connectivity index (χ1n) is 9.17. The number of fused-ring (bicyclic) bond motifs is 1. The summed E-state index contributed by atoms with van der Waals surface area (Å²) in [5.74, 6) is -0.190. The van der Waals surface area contributed by atoms with Crippen LogP contribution in [0.15, 0.2) is 70.2 Å². The highest BCUT2D eigenvalue weighted by Crippen LogP contribution is 2.30. The molecule has 0 aliphatic heterocycles. The number of aromatic hydroxyl groups is 1. The fraction of sp³-hybridized carbons (Fsp3) is 0.100. The maximum Gasteiger partial charge on any atom is 0.243 e. The molecule has 0 radical (unpaired) electrons. The Balaban J connectivity index is 1.55. The standard InChI is InChI=1S/C20H17BrFN5O3S/c21-14-12-24-27-19(11-16(26-20(14)27)13-5-1-3-7-17(13)28)23-9-10-25-31(29,30)18-8-4-2-6-15(18)22/h1-8,11-12,23,25,28H,9-10H2. The molecule has 4 aromatic rings. The first-order valence-corrected chi connectivity index (χ1v) is 11.4. The Kier molecular flexibility index (Phi) is 5.90. The van der Waals surface area contributed by atoms with E-state index >= 15 is 0 Å². The van der Waals surface area contributed by atoms with Crippen LogP contribution >= 0.6 is 15.9 Å². The number of rotatable bonds is 7. The first kappa shape index (κ1) is 21.2. The number of hydrogen-bond acceptors (Lipinski definition) is 6. The number of sulfonamides is 1. The lowest BCUT2D eigenvalue weighted by molar-refractivity contribution is 0.477. The summed E-state index contributed by atoms with van der Waals surface area (Å²) in [7, 11) is -3.98. The van der Waals surface area contributed by atoms with Crippen molar-refractivity contribution in [1.82, 2.24) is 19.3 Å². The average Bonchev–Trinajstić information content (AvgIpc) is 3.12. The number of hydrogen-bond donors (Lipinski definition) is 3. The van der Waals surface area contributed by atoms with E-state index in [0.29, 0.717) is 27.2 Å². The van der Waals surface area contributed by atoms with Gasteiger partial charge in [-0.25, -0.2) is 22.5 Å². The summed E-state index contributed by atoms with van der Waals surface area (Å²) in [6, 6.07) is 13.7. The highest BCUT2D eigenvalue weighted by atomic mass is 79.9. The van der Waals surface area contributed by atoms with Gasteiger partial charge in [-0.05, 0) is 40.2 Å². The highest BCUT2D eigenvalue weighted by molar-refractivity contribution is 9.10. The van der Waals surface area contributed by atoms with Gasteiger partial charge < -0.3 is 10.4 Å². The van der Waals surface area contributed by atoms with E-state index in [1.807, 2.05) is 0 Å². The SMILES string of the molecule is O=S(=O)(NCCNc1cc(-c2ccccc2O)nc2c(Br)cnn12)c1ccccc1F. The number of phenols is 1. The van der Waals surface area contributed by atoms with Crippen LogP contribution in [-0.2, 0) is 10.0 Å². The van der Waals surface area contributed by atoms with Crippen molar-refractivity contribution >= 4 is 37.4 Å². The third kappa shape index (κ3) is 4.38. The molecule has 0 bridgehead atoms. The summed E-state index contributed by atoms with van der Waals surface area (Å²) >= 11 is 3.40. The van der Waals surface area contributed by atoms with E-state index in [0.717, 1.165) is 6.07 Å². The summed E-state index contributed by atoms with van der Waals surface area (Å²) in [5, 5.41) is 17.5. The molecule has 8 nitrogen and oxygen atoms in total. The Morgan fingerprint density at radius 1 is 1.10 bits per heavy atom. The van der Waals surface area contributed by atoms with Crippen LogP contribution in [0.1, 0.15) is 0 Å². The maximum absolute atomic E-state index is 13.8. The molecule has 160 valence electrons. The smallest absolute Gasteiger partial charge is 0.243 e. The number of benzene rings is 2. The van der Waals surface area contributed by atoms with Gasteiger partial charge in [0.05, 0.1) is 16.4 Å². The summed E-state index contributed by atoms with van der Waals surface area (Å²) in [4.78, 5) is 4.14. The molecule has 0 atom stereocenters. The van der Waals surface area contributed by atoms with Crippen LogP contribution in [-0.4, -0.2) is 41.2 Å². The number of anilines is 1. The third-order valence-corrected chi connectivity index (χ3v) is 6.51. The monoisotopic (exact) mass is 505 g/mol. The molecule has 0 spiro atoms. The fourth-order valence-corrected chi connectivity index (χ4v) is 4.46. The van der Waals surface area contributed by atoms with E-state index in [9.17, 15) is 17.9 Å². The van der Waals surface area contributed by atoms with Gasteiger partial charge >= 0.3 is 0 Å². The molecule has 31 heavy (non-hydrogen) atoms. The molecule has 2 aromatic heterocycles. The third-order valence-electron chi connectivity index (χ3n) is 4.46. The van der Waals surface area contributed by atoms with Crippen LogP contribution in [0, 0.1) is 5.82 Å². The van der Waals surface area contributed by atoms with Crippen LogP contribution in [0.25, 0.3) is 16.9 Å². The first-order chi connectivity index (χ1) is 14.9. The second kappa shape index (κ2) is 8.61. The molecule has 0 saturated carbocycles. The minimum Gasteiger partial charge on any atom is -0.507 e. The predicted octanol–water partition coefficient (Wildman–Crippen LogP) is 3.39. The zero-order chi connectivity index (χ0) is 22.0. The summed E-state index contributed by atoms with van der Waals surface area (Å²) < 4.78 is 43.0. The largest absolute Gasteiger partial charge is 0.507 e. The molecule has 0 saturated heterocycles. The maximum atomic E-state index is 13.8. The Morgan fingerprint density at radius 2 is 1.84 bits per heavy atom. The van der Waals surface area contributed by atoms with Gasteiger partial charge in [-0.15, -0.1) is 0 Å². The van der Waals surface area contributed by atoms with Gasteiger partial charge in [-0.2, -0.15) is 9.61 Å².